The van der Waals surface area contributed by atoms with E-state index in [1.54, 1.807) is 5.57 Å². The lowest BCUT2D eigenvalue weighted by Gasteiger charge is -2.71. The predicted octanol–water partition coefficient (Wildman–Crippen LogP) is 7.33. The fraction of sp³-hybridized carbons (Fsp3) is 0.875. The summed E-state index contributed by atoms with van der Waals surface area (Å²) in [5.41, 5.74) is 9.01. The van der Waals surface area contributed by atoms with Crippen LogP contribution in [0.25, 0.3) is 0 Å². The van der Waals surface area contributed by atoms with Crippen molar-refractivity contribution < 1.29 is 23.7 Å². The largest absolute Gasteiger partial charge is 0.609 e. The summed E-state index contributed by atoms with van der Waals surface area (Å²) in [6.45, 7) is 21.9. The van der Waals surface area contributed by atoms with Gasteiger partial charge in [0.1, 0.15) is 17.9 Å². The number of esters is 1. The van der Waals surface area contributed by atoms with Crippen molar-refractivity contribution in [1.82, 2.24) is 4.90 Å². The highest BCUT2D eigenvalue weighted by Crippen LogP contribution is 2.75. The Bertz CT molecular complexity index is 1370. The summed E-state index contributed by atoms with van der Waals surface area (Å²) in [4.78, 5) is 42.0. The van der Waals surface area contributed by atoms with E-state index in [4.69, 9.17) is 10.5 Å². The van der Waals surface area contributed by atoms with E-state index < -0.39 is 22.6 Å². The van der Waals surface area contributed by atoms with Crippen LogP contribution in [0.4, 0.5) is 0 Å². The van der Waals surface area contributed by atoms with Gasteiger partial charge in [-0.1, -0.05) is 73.5 Å². The first-order valence-electron chi connectivity index (χ1n) is 19.1. The number of nitrogens with two attached hydrogens (primary N) is 1. The third kappa shape index (κ3) is 5.38. The van der Waals surface area contributed by atoms with E-state index >= 15 is 0 Å². The molecule has 0 aromatic carbocycles. The third-order valence-electron chi connectivity index (χ3n) is 15.8. The van der Waals surface area contributed by atoms with Crippen molar-refractivity contribution in [3.8, 4) is 0 Å². The highest BCUT2D eigenvalue weighted by atomic mass is 32.2. The minimum atomic E-state index is -1.49. The Labute approximate surface area is 293 Å². The maximum atomic E-state index is 14.8. The fourth-order valence-electron chi connectivity index (χ4n) is 12.5. The molecule has 0 spiro atoms. The lowest BCUT2D eigenvalue weighted by Crippen LogP contribution is -2.65. The van der Waals surface area contributed by atoms with Gasteiger partial charge in [0.15, 0.2) is 0 Å². The SMILES string of the molecule is CC(C)[C@H](N)C(=O)O[C@H]1CC[C@]2(C)[C@H]3CCC4=C5CC(C)(C)CC[C@]5(C(=O)N5CCC(=O)[S+]([O-])CC5)CC[C@@]4(C)[C@]3(C)CC[C@H]2C1(C)C. The molecule has 48 heavy (non-hydrogen) atoms. The first-order chi connectivity index (χ1) is 22.2. The standard InChI is InChI=1S/C40H64N2O5S/c1-25(2)32(41)33(44)47-30-13-15-37(7)28(36(30,5)6)12-16-39(9)29(37)11-10-26-27-24-35(3,4)17-19-40(27,20-18-38(26,39)8)34(45)42-21-14-31(43)48(46)23-22-42/h25,28-30,32H,10-24,41H2,1-9H3/t28-,29+,30-,32-,37-,38+,39+,40-,48?/m0/s1. The number of ether oxygens (including phenoxy) is 1. The lowest BCUT2D eigenvalue weighted by molar-refractivity contribution is -0.215. The molecule has 0 aromatic heterocycles. The van der Waals surface area contributed by atoms with Gasteiger partial charge >= 0.3 is 11.1 Å². The summed E-state index contributed by atoms with van der Waals surface area (Å²) in [5.74, 6) is 1.26. The summed E-state index contributed by atoms with van der Waals surface area (Å²) in [5, 5.41) is -0.216. The van der Waals surface area contributed by atoms with Gasteiger partial charge in [0.2, 0.25) is 5.91 Å². The molecule has 6 aliphatic rings. The molecule has 0 bridgehead atoms. The van der Waals surface area contributed by atoms with Crippen LogP contribution in [0.3, 0.4) is 0 Å². The van der Waals surface area contributed by atoms with Crippen LogP contribution >= 0.6 is 0 Å². The van der Waals surface area contributed by atoms with E-state index in [1.807, 2.05) is 18.7 Å². The number of allylic oxidation sites excluding steroid dienone is 1. The molecule has 1 heterocycles. The fourth-order valence-corrected chi connectivity index (χ4v) is 13.5. The average molecular weight is 685 g/mol. The quantitative estimate of drug-likeness (QED) is 0.189. The number of fused-ring (bicyclic) bond motifs is 6. The number of carbonyl (C=O) groups excluding carboxylic acids is 3. The van der Waals surface area contributed by atoms with Gasteiger partial charge in [-0.15, -0.1) is 0 Å². The number of hydrogen-bond acceptors (Lipinski definition) is 6. The second-order valence-corrected chi connectivity index (χ2v) is 20.9. The molecular weight excluding hydrogens is 621 g/mol. The first-order valence-corrected chi connectivity index (χ1v) is 20.5. The first kappa shape index (κ1) is 36.4. The number of hydrogen-bond donors (Lipinski definition) is 1. The summed E-state index contributed by atoms with van der Waals surface area (Å²) in [7, 11) is 0. The van der Waals surface area contributed by atoms with Crippen molar-refractivity contribution in [3.63, 3.8) is 0 Å². The molecule has 1 amide bonds. The predicted molar refractivity (Wildman–Crippen MR) is 191 cm³/mol. The Kier molecular flexibility index (Phi) is 9.18. The topological polar surface area (TPSA) is 113 Å². The normalized spacial score (nSPS) is 42.9. The van der Waals surface area contributed by atoms with Crippen LogP contribution in [-0.4, -0.2) is 57.4 Å². The van der Waals surface area contributed by atoms with Crippen LogP contribution in [0.1, 0.15) is 139 Å². The molecular formula is C40H64N2O5S. The zero-order chi connectivity index (χ0) is 35.2. The Morgan fingerprint density at radius 1 is 0.875 bits per heavy atom. The minimum absolute atomic E-state index is 0.0180. The van der Waals surface area contributed by atoms with Gasteiger partial charge in [-0.3, -0.25) is 9.59 Å². The van der Waals surface area contributed by atoms with Crippen molar-refractivity contribution in [2.75, 3.05) is 18.8 Å². The molecule has 1 saturated heterocycles. The molecule has 9 atom stereocenters. The maximum Gasteiger partial charge on any atom is 0.330 e. The number of nitrogens with zero attached hydrogens (tertiary/aromatic N) is 1. The zero-order valence-electron chi connectivity index (χ0n) is 31.5. The summed E-state index contributed by atoms with van der Waals surface area (Å²) >= 11 is -1.49. The van der Waals surface area contributed by atoms with E-state index in [0.29, 0.717) is 24.9 Å². The highest BCUT2D eigenvalue weighted by Gasteiger charge is 2.68. The van der Waals surface area contributed by atoms with Gasteiger partial charge in [-0.05, 0) is 110 Å². The molecule has 1 aliphatic heterocycles. The van der Waals surface area contributed by atoms with Crippen LogP contribution in [0.2, 0.25) is 0 Å². The Morgan fingerprint density at radius 3 is 2.25 bits per heavy atom. The molecule has 5 fully saturated rings. The second-order valence-electron chi connectivity index (χ2n) is 19.3. The zero-order valence-corrected chi connectivity index (χ0v) is 32.3. The van der Waals surface area contributed by atoms with E-state index in [-0.39, 0.29) is 68.3 Å². The number of carbonyl (C=O) groups is 3. The molecule has 7 nitrogen and oxygen atoms in total. The van der Waals surface area contributed by atoms with Crippen LogP contribution in [0.5, 0.6) is 0 Å². The van der Waals surface area contributed by atoms with Gasteiger partial charge in [0.25, 0.3) is 0 Å². The smallest absolute Gasteiger partial charge is 0.330 e. The lowest BCUT2D eigenvalue weighted by atomic mass is 9.34. The van der Waals surface area contributed by atoms with E-state index in [0.717, 1.165) is 70.6 Å². The van der Waals surface area contributed by atoms with Crippen LogP contribution in [-0.2, 0) is 30.3 Å². The summed E-state index contributed by atoms with van der Waals surface area (Å²) in [6, 6.07) is -0.589. The molecule has 4 saturated carbocycles. The third-order valence-corrected chi connectivity index (χ3v) is 17.1. The molecule has 5 aliphatic carbocycles. The van der Waals surface area contributed by atoms with Crippen LogP contribution < -0.4 is 5.73 Å². The van der Waals surface area contributed by atoms with Gasteiger partial charge in [0.05, 0.1) is 18.4 Å². The van der Waals surface area contributed by atoms with Gasteiger partial charge < -0.3 is 19.9 Å². The van der Waals surface area contributed by atoms with Crippen molar-refractivity contribution in [1.29, 1.82) is 0 Å². The molecule has 0 radical (unpaired) electrons. The molecule has 2 N–H and O–H groups in total. The number of rotatable bonds is 4. The van der Waals surface area contributed by atoms with Crippen LogP contribution in [0.15, 0.2) is 11.1 Å². The van der Waals surface area contributed by atoms with Gasteiger partial charge in [-0.2, -0.15) is 0 Å². The van der Waals surface area contributed by atoms with E-state index in [1.165, 1.54) is 5.57 Å². The maximum absolute atomic E-state index is 14.8. The molecule has 270 valence electrons. The monoisotopic (exact) mass is 684 g/mol. The van der Waals surface area contributed by atoms with Crippen molar-refractivity contribution in [2.45, 2.75) is 152 Å². The Morgan fingerprint density at radius 2 is 1.56 bits per heavy atom. The molecule has 8 heteroatoms. The average Bonchev–Trinajstić information content (AvgIpc) is 3.17. The summed E-state index contributed by atoms with van der Waals surface area (Å²) in [6.07, 6.45) is 11.2. The molecule has 6 rings (SSSR count). The van der Waals surface area contributed by atoms with E-state index in [2.05, 4.69) is 48.5 Å². The van der Waals surface area contributed by atoms with Gasteiger partial charge in [-0.25, -0.2) is 4.79 Å². The number of amides is 1. The molecule has 0 aromatic rings. The Hall–Kier alpha value is -1.38. The van der Waals surface area contributed by atoms with Crippen LogP contribution in [0, 0.1) is 50.2 Å². The minimum Gasteiger partial charge on any atom is -0.609 e. The van der Waals surface area contributed by atoms with Crippen molar-refractivity contribution >= 4 is 28.2 Å². The highest BCUT2D eigenvalue weighted by molar-refractivity contribution is 8.06. The van der Waals surface area contributed by atoms with Gasteiger partial charge in [0, 0.05) is 23.1 Å². The van der Waals surface area contributed by atoms with Crippen molar-refractivity contribution in [2.24, 2.45) is 56.0 Å². The molecule has 1 unspecified atom stereocenters. The van der Waals surface area contributed by atoms with Crippen molar-refractivity contribution in [3.05, 3.63) is 11.1 Å². The summed E-state index contributed by atoms with van der Waals surface area (Å²) < 4.78 is 18.6. The Balaban J connectivity index is 1.33. The second kappa shape index (κ2) is 12.1. The van der Waals surface area contributed by atoms with E-state index in [9.17, 15) is 18.9 Å².